The van der Waals surface area contributed by atoms with Gasteiger partial charge in [-0.2, -0.15) is 8.78 Å². The van der Waals surface area contributed by atoms with Gasteiger partial charge in [0.1, 0.15) is 23.2 Å². The molecule has 0 bridgehead atoms. The Kier molecular flexibility index (Phi) is 6.12. The van der Waals surface area contributed by atoms with Crippen LogP contribution in [0.1, 0.15) is 48.3 Å². The van der Waals surface area contributed by atoms with Gasteiger partial charge in [-0.1, -0.05) is 25.0 Å². The van der Waals surface area contributed by atoms with Crippen molar-refractivity contribution in [2.75, 3.05) is 0 Å². The van der Waals surface area contributed by atoms with E-state index in [2.05, 4.69) is 4.74 Å². The topological polar surface area (TPSA) is 9.23 Å². The van der Waals surface area contributed by atoms with Crippen molar-refractivity contribution in [2.45, 2.75) is 50.7 Å². The molecule has 1 fully saturated rings. The average Bonchev–Trinajstić information content (AvgIpc) is 2.65. The summed E-state index contributed by atoms with van der Waals surface area (Å²) in [7, 11) is 1.17. The minimum absolute atomic E-state index is 0.169. The lowest BCUT2D eigenvalue weighted by Gasteiger charge is -2.28. The summed E-state index contributed by atoms with van der Waals surface area (Å²) in [5.74, 6) is -2.89. The van der Waals surface area contributed by atoms with Crippen LogP contribution in [0.15, 0.2) is 30.3 Å². The van der Waals surface area contributed by atoms with Crippen LogP contribution in [0.5, 0.6) is 5.75 Å². The first-order chi connectivity index (χ1) is 13.2. The number of alkyl halides is 2. The molecular formula is C21H23F5OSi. The number of hydrogen-bond donors (Lipinski definition) is 0. The minimum atomic E-state index is -4.05. The zero-order valence-electron chi connectivity index (χ0n) is 15.9. The van der Waals surface area contributed by atoms with E-state index in [1.165, 1.54) is 29.3 Å². The summed E-state index contributed by atoms with van der Waals surface area (Å²) in [6.45, 7) is 1.18. The van der Waals surface area contributed by atoms with E-state index in [0.717, 1.165) is 43.7 Å². The molecule has 0 spiro atoms. The van der Waals surface area contributed by atoms with E-state index in [0.29, 0.717) is 17.7 Å². The summed E-state index contributed by atoms with van der Waals surface area (Å²) in [5.41, 5.74) is -0.548. The van der Waals surface area contributed by atoms with E-state index < -0.39 is 34.9 Å². The lowest BCUT2D eigenvalue weighted by Crippen LogP contribution is -2.24. The van der Waals surface area contributed by atoms with E-state index >= 15 is 0 Å². The van der Waals surface area contributed by atoms with Crippen LogP contribution in [0.2, 0.25) is 6.04 Å². The second-order valence-corrected chi connectivity index (χ2v) is 8.31. The molecule has 1 aliphatic rings. The molecule has 152 valence electrons. The first-order valence-electron chi connectivity index (χ1n) is 9.53. The Morgan fingerprint density at radius 3 is 2.11 bits per heavy atom. The molecule has 1 nitrogen and oxygen atoms in total. The molecule has 0 atom stereocenters. The van der Waals surface area contributed by atoms with Gasteiger partial charge in [-0.05, 0) is 49.3 Å². The van der Waals surface area contributed by atoms with E-state index in [9.17, 15) is 22.0 Å². The fourth-order valence-electron chi connectivity index (χ4n) is 3.81. The summed E-state index contributed by atoms with van der Waals surface area (Å²) in [5, 5.41) is 0. The third kappa shape index (κ3) is 4.40. The molecule has 3 rings (SSSR count). The normalized spacial score (nSPS) is 20.4. The lowest BCUT2D eigenvalue weighted by molar-refractivity contribution is -0.187. The highest BCUT2D eigenvalue weighted by atomic mass is 28.1. The largest absolute Gasteiger partial charge is 0.429 e. The van der Waals surface area contributed by atoms with Gasteiger partial charge in [0.2, 0.25) is 0 Å². The van der Waals surface area contributed by atoms with Gasteiger partial charge in [-0.15, -0.1) is 0 Å². The van der Waals surface area contributed by atoms with Crippen molar-refractivity contribution >= 4 is 10.2 Å². The van der Waals surface area contributed by atoms with Crippen molar-refractivity contribution in [3.8, 4) is 5.75 Å². The first-order valence-corrected chi connectivity index (χ1v) is 10.9. The van der Waals surface area contributed by atoms with Crippen molar-refractivity contribution in [2.24, 2.45) is 5.92 Å². The summed E-state index contributed by atoms with van der Waals surface area (Å²) in [6, 6.07) is 6.21. The van der Waals surface area contributed by atoms with Crippen LogP contribution in [0, 0.1) is 30.3 Å². The molecule has 2 aromatic carbocycles. The molecule has 28 heavy (non-hydrogen) atoms. The molecule has 0 N–H and O–H groups in total. The lowest BCUT2D eigenvalue weighted by atomic mass is 9.79. The first kappa shape index (κ1) is 20.8. The minimum Gasteiger partial charge on any atom is -0.429 e. The van der Waals surface area contributed by atoms with Crippen LogP contribution in [0.4, 0.5) is 22.0 Å². The molecule has 0 aliphatic heterocycles. The molecular weight excluding hydrogens is 391 g/mol. The summed E-state index contributed by atoms with van der Waals surface area (Å²) in [4.78, 5) is 0. The highest BCUT2D eigenvalue weighted by molar-refractivity contribution is 6.08. The number of ether oxygens (including phenoxy) is 1. The summed E-state index contributed by atoms with van der Waals surface area (Å²) in [6.07, 6.45) is -0.0228. The van der Waals surface area contributed by atoms with Crippen LogP contribution < -0.4 is 4.74 Å². The second-order valence-electron chi connectivity index (χ2n) is 7.50. The maximum absolute atomic E-state index is 14.5. The Morgan fingerprint density at radius 2 is 1.57 bits per heavy atom. The Bertz CT molecular complexity index is 824. The predicted molar refractivity (Wildman–Crippen MR) is 101 cm³/mol. The van der Waals surface area contributed by atoms with Gasteiger partial charge in [-0.3, -0.25) is 0 Å². The monoisotopic (exact) mass is 414 g/mol. The molecule has 0 radical (unpaired) electrons. The fraction of sp³-hybridized carbons (Fsp3) is 0.429. The number of benzene rings is 2. The van der Waals surface area contributed by atoms with Gasteiger partial charge in [0, 0.05) is 27.9 Å². The van der Waals surface area contributed by atoms with Crippen molar-refractivity contribution in [3.05, 3.63) is 64.5 Å². The number of hydrogen-bond acceptors (Lipinski definition) is 1. The summed E-state index contributed by atoms with van der Waals surface area (Å²) < 4.78 is 74.9. The Hall–Kier alpha value is -1.89. The third-order valence-electron chi connectivity index (χ3n) is 5.70. The molecule has 0 saturated heterocycles. The second kappa shape index (κ2) is 8.23. The zero-order valence-corrected chi connectivity index (χ0v) is 17.9. The Labute approximate surface area is 164 Å². The van der Waals surface area contributed by atoms with Crippen LogP contribution in [0.3, 0.4) is 0 Å². The summed E-state index contributed by atoms with van der Waals surface area (Å²) >= 11 is 0. The van der Waals surface area contributed by atoms with Crippen LogP contribution >= 0.6 is 0 Å². The highest BCUT2D eigenvalue weighted by Crippen LogP contribution is 2.39. The van der Waals surface area contributed by atoms with E-state index in [4.69, 9.17) is 0 Å². The third-order valence-corrected chi connectivity index (χ3v) is 6.86. The fourth-order valence-corrected chi connectivity index (χ4v) is 4.63. The maximum Gasteiger partial charge on any atom is 0.429 e. The van der Waals surface area contributed by atoms with Crippen molar-refractivity contribution < 1.29 is 26.7 Å². The van der Waals surface area contributed by atoms with Crippen molar-refractivity contribution in [1.82, 2.24) is 0 Å². The molecule has 7 heteroatoms. The van der Waals surface area contributed by atoms with Gasteiger partial charge in [0.25, 0.3) is 0 Å². The SMILES string of the molecule is Cc1c(F)cc(OC(F)(F)c2ccc(C3CCC(C[SiH3])CC3)cc2F)cc1F. The van der Waals surface area contributed by atoms with Gasteiger partial charge in [0.15, 0.2) is 0 Å². The van der Waals surface area contributed by atoms with Crippen molar-refractivity contribution in [3.63, 3.8) is 0 Å². The molecule has 2 aromatic rings. The van der Waals surface area contributed by atoms with E-state index in [1.54, 1.807) is 0 Å². The van der Waals surface area contributed by atoms with Crippen LogP contribution in [0.25, 0.3) is 0 Å². The molecule has 1 aliphatic carbocycles. The van der Waals surface area contributed by atoms with Gasteiger partial charge >= 0.3 is 6.11 Å². The number of halogens is 5. The Balaban J connectivity index is 1.79. The van der Waals surface area contributed by atoms with E-state index in [-0.39, 0.29) is 11.5 Å². The maximum atomic E-state index is 14.5. The number of rotatable bonds is 5. The molecule has 1 saturated carbocycles. The highest BCUT2D eigenvalue weighted by Gasteiger charge is 2.38. The van der Waals surface area contributed by atoms with Gasteiger partial charge in [-0.25, -0.2) is 13.2 Å². The predicted octanol–water partition coefficient (Wildman–Crippen LogP) is 5.60. The molecule has 0 unspecified atom stereocenters. The Morgan fingerprint density at radius 1 is 0.964 bits per heavy atom. The molecule has 0 heterocycles. The standard InChI is InChI=1S/C21H23F5OSi/c1-12-18(22)9-16(10-19(12)23)27-21(25,26)17-7-6-15(8-20(17)24)14-4-2-13(11-28)3-5-14/h6-10,13-14H,2-5,11H2,1,28H3. The smallest absolute Gasteiger partial charge is 0.429 e. The zero-order chi connectivity index (χ0) is 20.5. The van der Waals surface area contributed by atoms with Crippen LogP contribution in [-0.4, -0.2) is 10.2 Å². The quantitative estimate of drug-likeness (QED) is 0.457. The van der Waals surface area contributed by atoms with Crippen molar-refractivity contribution in [1.29, 1.82) is 0 Å². The molecule has 0 amide bonds. The van der Waals surface area contributed by atoms with E-state index in [1.807, 2.05) is 0 Å². The van der Waals surface area contributed by atoms with Crippen LogP contribution in [-0.2, 0) is 6.11 Å². The molecule has 0 aromatic heterocycles. The van der Waals surface area contributed by atoms with Gasteiger partial charge < -0.3 is 4.74 Å². The van der Waals surface area contributed by atoms with Gasteiger partial charge in [0.05, 0.1) is 5.56 Å². The average molecular weight is 414 g/mol.